The van der Waals surface area contributed by atoms with E-state index in [-0.39, 0.29) is 0 Å². The molecular formula is C5H11O. The van der Waals surface area contributed by atoms with Crippen LogP contribution in [0.15, 0.2) is 0 Å². The van der Waals surface area contributed by atoms with Crippen LogP contribution in [0.1, 0.15) is 13.3 Å². The lowest BCUT2D eigenvalue weighted by molar-refractivity contribution is 0.221. The van der Waals surface area contributed by atoms with Crippen LogP contribution in [-0.2, 0) is 4.74 Å². The summed E-state index contributed by atoms with van der Waals surface area (Å²) in [6.45, 7) is 2.88. The molecule has 0 heterocycles. The Balaban J connectivity index is 2.34. The van der Waals surface area contributed by atoms with E-state index >= 15 is 0 Å². The minimum absolute atomic E-state index is 0.788. The monoisotopic (exact) mass is 87.1 g/mol. The summed E-state index contributed by atoms with van der Waals surface area (Å²) in [5.74, 6) is 0. The zero-order valence-electron chi connectivity index (χ0n) is 4.40. The molecule has 0 aliphatic rings. The highest BCUT2D eigenvalue weighted by Crippen LogP contribution is 1.81. The van der Waals surface area contributed by atoms with E-state index in [0.717, 1.165) is 13.0 Å². The first kappa shape index (κ1) is 5.96. The maximum absolute atomic E-state index is 4.73. The predicted molar refractivity (Wildman–Crippen MR) is 26.5 cm³/mol. The molecule has 0 saturated carbocycles. The van der Waals surface area contributed by atoms with Crippen LogP contribution in [0.5, 0.6) is 0 Å². The highest BCUT2D eigenvalue weighted by molar-refractivity contribution is 4.56. The maximum Gasteiger partial charge on any atom is 0.0493 e. The first-order valence-electron chi connectivity index (χ1n) is 2.22. The van der Waals surface area contributed by atoms with Gasteiger partial charge in [0.25, 0.3) is 0 Å². The van der Waals surface area contributed by atoms with Crippen molar-refractivity contribution in [2.45, 2.75) is 13.3 Å². The number of rotatable bonds is 3. The van der Waals surface area contributed by atoms with Gasteiger partial charge in [0.05, 0.1) is 0 Å². The molecule has 0 aromatic heterocycles. The lowest BCUT2D eigenvalue weighted by atomic mass is 10.4. The first-order chi connectivity index (χ1) is 2.91. The van der Waals surface area contributed by atoms with E-state index in [1.165, 1.54) is 0 Å². The van der Waals surface area contributed by atoms with Gasteiger partial charge in [0.15, 0.2) is 0 Å². The average Bonchev–Trinajstić information content (AvgIpc) is 1.61. The van der Waals surface area contributed by atoms with Crippen molar-refractivity contribution in [3.05, 3.63) is 6.42 Å². The summed E-state index contributed by atoms with van der Waals surface area (Å²) in [5, 5.41) is 0. The minimum Gasteiger partial charge on any atom is -0.384 e. The molecule has 0 aromatic carbocycles. The Hall–Kier alpha value is -0.0400. The van der Waals surface area contributed by atoms with Gasteiger partial charge in [-0.2, -0.15) is 0 Å². The summed E-state index contributed by atoms with van der Waals surface area (Å²) >= 11 is 0. The highest BCUT2D eigenvalue weighted by Gasteiger charge is 1.75. The Morgan fingerprint density at radius 3 is 2.50 bits per heavy atom. The second-order valence-corrected chi connectivity index (χ2v) is 1.15. The first-order valence-corrected chi connectivity index (χ1v) is 2.22. The molecule has 0 aliphatic heterocycles. The third-order valence-corrected chi connectivity index (χ3v) is 0.573. The van der Waals surface area contributed by atoms with Crippen LogP contribution in [0.2, 0.25) is 0 Å². The molecule has 0 spiro atoms. The molecule has 0 saturated heterocycles. The van der Waals surface area contributed by atoms with E-state index in [1.807, 2.05) is 0 Å². The van der Waals surface area contributed by atoms with Gasteiger partial charge >= 0.3 is 0 Å². The Bertz CT molecular complexity index is 15.9. The normalized spacial score (nSPS) is 9.00. The van der Waals surface area contributed by atoms with Gasteiger partial charge in [-0.15, -0.1) is 0 Å². The van der Waals surface area contributed by atoms with Gasteiger partial charge in [0.1, 0.15) is 0 Å². The molecule has 0 fully saturated rings. The number of unbranched alkanes of at least 4 members (excludes halogenated alkanes) is 1. The quantitative estimate of drug-likeness (QED) is 0.471. The summed E-state index contributed by atoms with van der Waals surface area (Å²) in [6, 6.07) is 0. The molecule has 0 bridgehead atoms. The molecule has 1 radical (unpaired) electrons. The van der Waals surface area contributed by atoms with Gasteiger partial charge < -0.3 is 4.74 Å². The van der Waals surface area contributed by atoms with E-state index in [9.17, 15) is 0 Å². The predicted octanol–water partition coefficient (Wildman–Crippen LogP) is 1.25. The Labute approximate surface area is 39.3 Å². The lowest BCUT2D eigenvalue weighted by Gasteiger charge is -1.88. The maximum atomic E-state index is 4.73. The van der Waals surface area contributed by atoms with Crippen LogP contribution < -0.4 is 0 Å². The summed E-state index contributed by atoms with van der Waals surface area (Å²) in [7, 11) is 1.70. The lowest BCUT2D eigenvalue weighted by Crippen LogP contribution is -1.85. The zero-order valence-corrected chi connectivity index (χ0v) is 4.40. The molecule has 0 amide bonds. The second kappa shape index (κ2) is 4.96. The summed E-state index contributed by atoms with van der Waals surface area (Å²) in [4.78, 5) is 0. The van der Waals surface area contributed by atoms with Crippen molar-refractivity contribution in [1.29, 1.82) is 0 Å². The number of hydrogen-bond acceptors (Lipinski definition) is 1. The third kappa shape index (κ3) is 3.96. The van der Waals surface area contributed by atoms with Crippen molar-refractivity contribution in [3.8, 4) is 0 Å². The molecule has 0 unspecified atom stereocenters. The van der Waals surface area contributed by atoms with Crippen LogP contribution in [0, 0.1) is 6.42 Å². The van der Waals surface area contributed by atoms with Gasteiger partial charge in [0, 0.05) is 13.7 Å². The van der Waals surface area contributed by atoms with E-state index in [0.29, 0.717) is 0 Å². The molecule has 0 N–H and O–H groups in total. The van der Waals surface area contributed by atoms with Crippen molar-refractivity contribution < 1.29 is 4.74 Å². The smallest absolute Gasteiger partial charge is 0.0493 e. The van der Waals surface area contributed by atoms with Gasteiger partial charge in [-0.05, 0) is 6.42 Å². The van der Waals surface area contributed by atoms with Crippen LogP contribution >= 0.6 is 0 Å². The Morgan fingerprint density at radius 1 is 1.67 bits per heavy atom. The van der Waals surface area contributed by atoms with Crippen molar-refractivity contribution in [1.82, 2.24) is 0 Å². The molecular weight excluding hydrogens is 76.1 g/mol. The summed E-state index contributed by atoms with van der Waals surface area (Å²) < 4.78 is 4.73. The fourth-order valence-electron chi connectivity index (χ4n) is 0.236. The zero-order chi connectivity index (χ0) is 4.83. The van der Waals surface area contributed by atoms with Crippen LogP contribution in [0.4, 0.5) is 0 Å². The number of methoxy groups -OCH3 is 1. The van der Waals surface area contributed by atoms with Crippen molar-refractivity contribution in [3.63, 3.8) is 0 Å². The standard InChI is InChI=1S/C5H11O/c1-3-4-5-6-2/h4H,3,5H2,1-2H3. The fraction of sp³-hybridized carbons (Fsp3) is 0.800. The number of ether oxygens (including phenoxy) is 1. The molecule has 37 valence electrons. The van der Waals surface area contributed by atoms with Gasteiger partial charge in [-0.3, -0.25) is 0 Å². The number of hydrogen-bond donors (Lipinski definition) is 0. The SMILES string of the molecule is CC[CH]COC. The van der Waals surface area contributed by atoms with Crippen LogP contribution in [-0.4, -0.2) is 13.7 Å². The average molecular weight is 87.1 g/mol. The second-order valence-electron chi connectivity index (χ2n) is 1.15. The van der Waals surface area contributed by atoms with Gasteiger partial charge in [-0.25, -0.2) is 0 Å². The molecule has 1 nitrogen and oxygen atoms in total. The van der Waals surface area contributed by atoms with Gasteiger partial charge in [-0.1, -0.05) is 13.3 Å². The third-order valence-electron chi connectivity index (χ3n) is 0.573. The summed E-state index contributed by atoms with van der Waals surface area (Å²) in [5.41, 5.74) is 0. The topological polar surface area (TPSA) is 9.23 Å². The molecule has 0 atom stereocenters. The van der Waals surface area contributed by atoms with E-state index in [2.05, 4.69) is 13.3 Å². The molecule has 0 rings (SSSR count). The van der Waals surface area contributed by atoms with E-state index < -0.39 is 0 Å². The van der Waals surface area contributed by atoms with Gasteiger partial charge in [0.2, 0.25) is 0 Å². The Kier molecular flexibility index (Phi) is 4.93. The molecule has 0 aliphatic carbocycles. The fourth-order valence-corrected chi connectivity index (χ4v) is 0.236. The van der Waals surface area contributed by atoms with Crippen molar-refractivity contribution >= 4 is 0 Å². The molecule has 0 aromatic rings. The summed E-state index contributed by atoms with van der Waals surface area (Å²) in [6.07, 6.45) is 3.19. The van der Waals surface area contributed by atoms with Crippen molar-refractivity contribution in [2.75, 3.05) is 13.7 Å². The Morgan fingerprint density at radius 2 is 2.33 bits per heavy atom. The molecule has 1 heteroatoms. The minimum atomic E-state index is 0.788. The largest absolute Gasteiger partial charge is 0.384 e. The molecule has 6 heavy (non-hydrogen) atoms. The van der Waals surface area contributed by atoms with E-state index in [4.69, 9.17) is 4.74 Å². The van der Waals surface area contributed by atoms with Crippen LogP contribution in [0.25, 0.3) is 0 Å². The van der Waals surface area contributed by atoms with Crippen LogP contribution in [0.3, 0.4) is 0 Å². The highest BCUT2D eigenvalue weighted by atomic mass is 16.5. The van der Waals surface area contributed by atoms with Crippen molar-refractivity contribution in [2.24, 2.45) is 0 Å². The van der Waals surface area contributed by atoms with E-state index in [1.54, 1.807) is 7.11 Å².